The van der Waals surface area contributed by atoms with Gasteiger partial charge in [-0.2, -0.15) is 0 Å². The summed E-state index contributed by atoms with van der Waals surface area (Å²) < 4.78 is 0. The molecule has 0 saturated heterocycles. The van der Waals surface area contributed by atoms with Crippen molar-refractivity contribution < 1.29 is 4.79 Å². The van der Waals surface area contributed by atoms with E-state index in [1.807, 2.05) is 18.2 Å². The highest BCUT2D eigenvalue weighted by Crippen LogP contribution is 2.37. The van der Waals surface area contributed by atoms with Crippen LogP contribution in [0.15, 0.2) is 42.5 Å². The Hall–Kier alpha value is -2.49. The number of anilines is 3. The molecule has 0 radical (unpaired) electrons. The molecule has 0 saturated carbocycles. The quantitative estimate of drug-likeness (QED) is 0.805. The molecular formula is C15H15N3O. The number of nitrogen functional groups attached to an aromatic ring is 1. The fourth-order valence-electron chi connectivity index (χ4n) is 2.54. The van der Waals surface area contributed by atoms with Gasteiger partial charge in [0.1, 0.15) is 0 Å². The molecule has 1 aliphatic rings. The fraction of sp³-hybridized carbons (Fsp3) is 0.133. The zero-order chi connectivity index (χ0) is 13.4. The van der Waals surface area contributed by atoms with Crippen molar-refractivity contribution in [3.05, 3.63) is 53.6 Å². The minimum atomic E-state index is -0.458. The first-order chi connectivity index (χ1) is 9.16. The van der Waals surface area contributed by atoms with Gasteiger partial charge in [0.15, 0.2) is 0 Å². The number of carbonyl (C=O) groups excluding carboxylic acids is 1. The van der Waals surface area contributed by atoms with Gasteiger partial charge in [0.2, 0.25) is 5.91 Å². The highest BCUT2D eigenvalue weighted by molar-refractivity contribution is 5.95. The Kier molecular flexibility index (Phi) is 2.63. The normalized spacial score (nSPS) is 13.4. The Morgan fingerprint density at radius 2 is 1.89 bits per heavy atom. The van der Waals surface area contributed by atoms with Crippen LogP contribution in [0.25, 0.3) is 0 Å². The summed E-state index contributed by atoms with van der Waals surface area (Å²) in [5.74, 6) is -0.458. The van der Waals surface area contributed by atoms with Crippen LogP contribution in [0, 0.1) is 0 Å². The second-order valence-electron chi connectivity index (χ2n) is 4.67. The average molecular weight is 253 g/mol. The van der Waals surface area contributed by atoms with Gasteiger partial charge in [-0.1, -0.05) is 18.2 Å². The second-order valence-corrected chi connectivity index (χ2v) is 4.67. The molecule has 4 nitrogen and oxygen atoms in total. The molecule has 0 spiro atoms. The molecule has 0 aromatic heterocycles. The smallest absolute Gasteiger partial charge is 0.248 e. The van der Waals surface area contributed by atoms with Gasteiger partial charge >= 0.3 is 0 Å². The lowest BCUT2D eigenvalue weighted by atomic mass is 10.1. The maximum atomic E-state index is 11.1. The number of para-hydroxylation sites is 1. The van der Waals surface area contributed by atoms with E-state index in [4.69, 9.17) is 11.5 Å². The highest BCUT2D eigenvalue weighted by Gasteiger charge is 2.21. The molecule has 4 N–H and O–H groups in total. The van der Waals surface area contributed by atoms with Crippen molar-refractivity contribution in [2.24, 2.45) is 5.73 Å². The summed E-state index contributed by atoms with van der Waals surface area (Å²) in [6.45, 7) is 0.902. The topological polar surface area (TPSA) is 72.4 Å². The molecule has 2 aromatic rings. The second kappa shape index (κ2) is 4.31. The van der Waals surface area contributed by atoms with E-state index in [0.717, 1.165) is 18.7 Å². The molecule has 19 heavy (non-hydrogen) atoms. The number of nitrogens with two attached hydrogens (primary N) is 2. The maximum absolute atomic E-state index is 11.1. The average Bonchev–Trinajstić information content (AvgIpc) is 2.82. The van der Waals surface area contributed by atoms with Gasteiger partial charge in [-0.3, -0.25) is 4.79 Å². The Morgan fingerprint density at radius 1 is 1.11 bits per heavy atom. The largest absolute Gasteiger partial charge is 0.397 e. The van der Waals surface area contributed by atoms with Crippen molar-refractivity contribution in [2.75, 3.05) is 17.2 Å². The van der Waals surface area contributed by atoms with E-state index in [0.29, 0.717) is 11.3 Å². The van der Waals surface area contributed by atoms with E-state index in [1.165, 1.54) is 11.3 Å². The van der Waals surface area contributed by atoms with E-state index >= 15 is 0 Å². The van der Waals surface area contributed by atoms with Crippen LogP contribution in [-0.2, 0) is 6.42 Å². The molecular weight excluding hydrogens is 238 g/mol. The summed E-state index contributed by atoms with van der Waals surface area (Å²) >= 11 is 0. The molecule has 0 fully saturated rings. The zero-order valence-electron chi connectivity index (χ0n) is 10.5. The van der Waals surface area contributed by atoms with Gasteiger partial charge < -0.3 is 16.4 Å². The van der Waals surface area contributed by atoms with Crippen LogP contribution in [0.3, 0.4) is 0 Å². The molecule has 1 amide bonds. The molecule has 4 heteroatoms. The number of fused-ring (bicyclic) bond motifs is 1. The van der Waals surface area contributed by atoms with Gasteiger partial charge in [0, 0.05) is 17.8 Å². The Balaban J connectivity index is 2.03. The number of nitrogens with zero attached hydrogens (tertiary/aromatic N) is 1. The van der Waals surface area contributed by atoms with E-state index in [9.17, 15) is 4.79 Å². The lowest BCUT2D eigenvalue weighted by molar-refractivity contribution is 0.100. The summed E-state index contributed by atoms with van der Waals surface area (Å²) in [5, 5.41) is 0. The number of rotatable bonds is 2. The summed E-state index contributed by atoms with van der Waals surface area (Å²) in [6, 6.07) is 13.5. The summed E-state index contributed by atoms with van der Waals surface area (Å²) in [7, 11) is 0. The number of amides is 1. The maximum Gasteiger partial charge on any atom is 0.248 e. The van der Waals surface area contributed by atoms with Gasteiger partial charge in [-0.15, -0.1) is 0 Å². The minimum Gasteiger partial charge on any atom is -0.397 e. The van der Waals surface area contributed by atoms with Gasteiger partial charge in [0.25, 0.3) is 0 Å². The third kappa shape index (κ3) is 1.91. The van der Waals surface area contributed by atoms with Gasteiger partial charge in [0.05, 0.1) is 11.4 Å². The van der Waals surface area contributed by atoms with Crippen molar-refractivity contribution in [1.29, 1.82) is 0 Å². The highest BCUT2D eigenvalue weighted by atomic mass is 16.1. The third-order valence-corrected chi connectivity index (χ3v) is 3.49. The molecule has 1 heterocycles. The summed E-state index contributed by atoms with van der Waals surface area (Å²) in [4.78, 5) is 13.3. The summed E-state index contributed by atoms with van der Waals surface area (Å²) in [6.07, 6.45) is 1.01. The predicted octanol–water partition coefficient (Wildman–Crippen LogP) is 2.06. The van der Waals surface area contributed by atoms with E-state index in [2.05, 4.69) is 17.0 Å². The molecule has 3 rings (SSSR count). The number of benzene rings is 2. The predicted molar refractivity (Wildman–Crippen MR) is 76.5 cm³/mol. The van der Waals surface area contributed by atoms with Crippen LogP contribution in [-0.4, -0.2) is 12.5 Å². The van der Waals surface area contributed by atoms with Crippen LogP contribution < -0.4 is 16.4 Å². The van der Waals surface area contributed by atoms with E-state index < -0.39 is 5.91 Å². The minimum absolute atomic E-state index is 0.439. The first-order valence-corrected chi connectivity index (χ1v) is 6.21. The van der Waals surface area contributed by atoms with Gasteiger partial charge in [-0.05, 0) is 36.2 Å². The van der Waals surface area contributed by atoms with Crippen molar-refractivity contribution in [1.82, 2.24) is 0 Å². The Bertz CT molecular complexity index is 652. The van der Waals surface area contributed by atoms with Crippen LogP contribution >= 0.6 is 0 Å². The van der Waals surface area contributed by atoms with Crippen LogP contribution in [0.1, 0.15) is 15.9 Å². The number of hydrogen-bond donors (Lipinski definition) is 2. The monoisotopic (exact) mass is 253 g/mol. The first kappa shape index (κ1) is 11.6. The van der Waals surface area contributed by atoms with Crippen LogP contribution in [0.2, 0.25) is 0 Å². The van der Waals surface area contributed by atoms with Crippen LogP contribution in [0.4, 0.5) is 17.1 Å². The third-order valence-electron chi connectivity index (χ3n) is 3.49. The molecule has 0 bridgehead atoms. The molecule has 1 aliphatic heterocycles. The molecule has 0 unspecified atom stereocenters. The number of carbonyl (C=O) groups is 1. The summed E-state index contributed by atoms with van der Waals surface area (Å²) in [5.41, 5.74) is 15.7. The molecule has 0 atom stereocenters. The number of hydrogen-bond acceptors (Lipinski definition) is 3. The lowest BCUT2D eigenvalue weighted by Crippen LogP contribution is -2.16. The molecule has 2 aromatic carbocycles. The van der Waals surface area contributed by atoms with Crippen molar-refractivity contribution in [2.45, 2.75) is 6.42 Å². The van der Waals surface area contributed by atoms with Crippen LogP contribution in [0.5, 0.6) is 0 Å². The van der Waals surface area contributed by atoms with E-state index in [1.54, 1.807) is 12.1 Å². The standard InChI is InChI=1S/C15H15N3O/c16-12-9-11(15(17)19)5-6-14(12)18-8-7-10-3-1-2-4-13(10)18/h1-6,9H,7-8,16H2,(H2,17,19). The molecule has 0 aliphatic carbocycles. The molecule has 96 valence electrons. The number of primary amides is 1. The lowest BCUT2D eigenvalue weighted by Gasteiger charge is -2.21. The van der Waals surface area contributed by atoms with Crippen molar-refractivity contribution >= 4 is 23.0 Å². The fourth-order valence-corrected chi connectivity index (χ4v) is 2.54. The Labute approximate surface area is 111 Å². The zero-order valence-corrected chi connectivity index (χ0v) is 10.5. The van der Waals surface area contributed by atoms with Crippen molar-refractivity contribution in [3.8, 4) is 0 Å². The Morgan fingerprint density at radius 3 is 2.63 bits per heavy atom. The SMILES string of the molecule is NC(=O)c1ccc(N2CCc3ccccc32)c(N)c1. The first-order valence-electron chi connectivity index (χ1n) is 6.21. The van der Waals surface area contributed by atoms with Gasteiger partial charge in [-0.25, -0.2) is 0 Å². The van der Waals surface area contributed by atoms with Crippen molar-refractivity contribution in [3.63, 3.8) is 0 Å². The van der Waals surface area contributed by atoms with E-state index in [-0.39, 0.29) is 0 Å².